The number of hydrogen-bond donors (Lipinski definition) is 0. The first-order valence-electron chi connectivity index (χ1n) is 12.4. The van der Waals surface area contributed by atoms with Gasteiger partial charge >= 0.3 is 0 Å². The Morgan fingerprint density at radius 3 is 2.42 bits per heavy atom. The molecule has 1 heterocycles. The van der Waals surface area contributed by atoms with Crippen molar-refractivity contribution in [3.8, 4) is 11.4 Å². The van der Waals surface area contributed by atoms with Gasteiger partial charge in [-0.2, -0.15) is 0 Å². The molecule has 1 atom stereocenters. The number of carbonyl (C=O) groups excluding carboxylic acids is 1. The lowest BCUT2D eigenvalue weighted by Gasteiger charge is -2.32. The minimum absolute atomic E-state index is 0.237. The Morgan fingerprint density at radius 1 is 1.00 bits per heavy atom. The summed E-state index contributed by atoms with van der Waals surface area (Å²) in [4.78, 5) is 36.4. The highest BCUT2D eigenvalue weighted by Gasteiger charge is 2.28. The fraction of sp³-hybridized carbons (Fsp3) is 0.276. The average molecular weight is 553 g/mol. The lowest BCUT2D eigenvalue weighted by atomic mass is 10.1. The molecule has 0 radical (unpaired) electrons. The summed E-state index contributed by atoms with van der Waals surface area (Å²) < 4.78 is 7.43. The van der Waals surface area contributed by atoms with Crippen LogP contribution in [0, 0.1) is 0 Å². The van der Waals surface area contributed by atoms with Crippen LogP contribution in [-0.2, 0) is 0 Å². The highest BCUT2D eigenvalue weighted by molar-refractivity contribution is 6.42. The van der Waals surface area contributed by atoms with Gasteiger partial charge in [-0.25, -0.2) is 4.98 Å². The van der Waals surface area contributed by atoms with Crippen molar-refractivity contribution < 1.29 is 9.53 Å². The van der Waals surface area contributed by atoms with Crippen LogP contribution in [0.25, 0.3) is 16.6 Å². The van der Waals surface area contributed by atoms with E-state index in [0.29, 0.717) is 63.5 Å². The van der Waals surface area contributed by atoms with Crippen molar-refractivity contribution in [2.45, 2.75) is 19.9 Å². The van der Waals surface area contributed by atoms with Gasteiger partial charge in [0.1, 0.15) is 11.6 Å². The smallest absolute Gasteiger partial charge is 0.266 e. The molecule has 0 saturated heterocycles. The lowest BCUT2D eigenvalue weighted by Crippen LogP contribution is -2.41. The van der Waals surface area contributed by atoms with E-state index in [0.717, 1.165) is 0 Å². The van der Waals surface area contributed by atoms with Gasteiger partial charge in [0, 0.05) is 18.7 Å². The predicted octanol–water partition coefficient (Wildman–Crippen LogP) is 5.86. The number of aromatic nitrogens is 2. The van der Waals surface area contributed by atoms with Crippen LogP contribution in [0.4, 0.5) is 0 Å². The quantitative estimate of drug-likeness (QED) is 0.260. The van der Waals surface area contributed by atoms with Crippen LogP contribution >= 0.6 is 23.2 Å². The van der Waals surface area contributed by atoms with Gasteiger partial charge < -0.3 is 14.5 Å². The van der Waals surface area contributed by atoms with Crippen molar-refractivity contribution in [3.05, 3.63) is 98.5 Å². The summed E-state index contributed by atoms with van der Waals surface area (Å²) in [6.07, 6.45) is 0. The zero-order valence-corrected chi connectivity index (χ0v) is 23.3. The molecular formula is C29H30Cl2N4O3. The molecule has 4 aromatic rings. The van der Waals surface area contributed by atoms with Crippen molar-refractivity contribution in [2.75, 3.05) is 33.8 Å². The molecule has 0 saturated carbocycles. The third kappa shape index (κ3) is 5.70. The number of para-hydroxylation sites is 3. The Labute approximate surface area is 232 Å². The van der Waals surface area contributed by atoms with Crippen LogP contribution < -0.4 is 10.3 Å². The second-order valence-electron chi connectivity index (χ2n) is 9.14. The van der Waals surface area contributed by atoms with E-state index >= 15 is 0 Å². The summed E-state index contributed by atoms with van der Waals surface area (Å²) in [5, 5.41) is 1.14. The van der Waals surface area contributed by atoms with Crippen LogP contribution in [0.15, 0.2) is 71.5 Å². The van der Waals surface area contributed by atoms with Crippen LogP contribution in [0.5, 0.6) is 5.75 Å². The fourth-order valence-electron chi connectivity index (χ4n) is 4.30. The SMILES string of the molecule is CCOc1ccccc1-n1c(C(C)N(CCN(C)C)C(=O)c2ccc(Cl)c(Cl)c2)nc2ccccc2c1=O. The van der Waals surface area contributed by atoms with Crippen molar-refractivity contribution >= 4 is 40.0 Å². The third-order valence-corrected chi connectivity index (χ3v) is 7.00. The Bertz CT molecular complexity index is 1520. The largest absolute Gasteiger partial charge is 0.492 e. The molecule has 1 amide bonds. The molecular weight excluding hydrogens is 523 g/mol. The first kappa shape index (κ1) is 27.6. The molecule has 4 rings (SSSR count). The van der Waals surface area contributed by atoms with Gasteiger partial charge in [0.05, 0.1) is 39.3 Å². The average Bonchev–Trinajstić information content (AvgIpc) is 2.90. The van der Waals surface area contributed by atoms with E-state index in [2.05, 4.69) is 0 Å². The second-order valence-corrected chi connectivity index (χ2v) is 9.95. The van der Waals surface area contributed by atoms with E-state index in [1.807, 2.05) is 69.2 Å². The minimum atomic E-state index is -0.580. The van der Waals surface area contributed by atoms with Crippen molar-refractivity contribution in [1.82, 2.24) is 19.4 Å². The highest BCUT2D eigenvalue weighted by Crippen LogP contribution is 2.30. The topological polar surface area (TPSA) is 67.7 Å². The number of fused-ring (bicyclic) bond motifs is 1. The number of ether oxygens (including phenoxy) is 1. The van der Waals surface area contributed by atoms with E-state index in [4.69, 9.17) is 32.9 Å². The first-order chi connectivity index (χ1) is 18.2. The van der Waals surface area contributed by atoms with Crippen LogP contribution in [0.2, 0.25) is 10.0 Å². The number of hydrogen-bond acceptors (Lipinski definition) is 5. The monoisotopic (exact) mass is 552 g/mol. The number of nitrogens with zero attached hydrogens (tertiary/aromatic N) is 4. The number of carbonyl (C=O) groups is 1. The summed E-state index contributed by atoms with van der Waals surface area (Å²) >= 11 is 12.3. The summed E-state index contributed by atoms with van der Waals surface area (Å²) in [5.74, 6) is 0.733. The summed E-state index contributed by atoms with van der Waals surface area (Å²) in [6, 6.07) is 18.8. The molecule has 0 bridgehead atoms. The number of likely N-dealkylation sites (N-methyl/N-ethyl adjacent to an activating group) is 1. The lowest BCUT2D eigenvalue weighted by molar-refractivity contribution is 0.0667. The van der Waals surface area contributed by atoms with Crippen molar-refractivity contribution in [1.29, 1.82) is 0 Å². The molecule has 0 aliphatic heterocycles. The molecule has 0 fully saturated rings. The molecule has 7 nitrogen and oxygen atoms in total. The molecule has 198 valence electrons. The van der Waals surface area contributed by atoms with Gasteiger partial charge in [0.25, 0.3) is 11.5 Å². The van der Waals surface area contributed by atoms with E-state index in [1.165, 1.54) is 0 Å². The summed E-state index contributed by atoms with van der Waals surface area (Å²) in [5.41, 5.74) is 1.28. The van der Waals surface area contributed by atoms with Crippen LogP contribution in [0.1, 0.15) is 36.1 Å². The molecule has 0 N–H and O–H groups in total. The molecule has 0 aliphatic carbocycles. The molecule has 38 heavy (non-hydrogen) atoms. The summed E-state index contributed by atoms with van der Waals surface area (Å²) in [6.45, 7) is 5.19. The van der Waals surface area contributed by atoms with Crippen molar-refractivity contribution in [2.24, 2.45) is 0 Å². The maximum Gasteiger partial charge on any atom is 0.266 e. The molecule has 9 heteroatoms. The van der Waals surface area contributed by atoms with Gasteiger partial charge in [-0.1, -0.05) is 47.5 Å². The van der Waals surface area contributed by atoms with E-state index in [1.54, 1.807) is 39.8 Å². The Kier molecular flexibility index (Phi) is 8.72. The number of benzene rings is 3. The van der Waals surface area contributed by atoms with E-state index in [9.17, 15) is 9.59 Å². The van der Waals surface area contributed by atoms with Gasteiger partial charge in [0.2, 0.25) is 0 Å². The molecule has 1 unspecified atom stereocenters. The maximum absolute atomic E-state index is 13.9. The number of rotatable bonds is 9. The van der Waals surface area contributed by atoms with Crippen LogP contribution in [-0.4, -0.2) is 59.0 Å². The van der Waals surface area contributed by atoms with Crippen LogP contribution in [0.3, 0.4) is 0 Å². The predicted molar refractivity (Wildman–Crippen MR) is 153 cm³/mol. The van der Waals surface area contributed by atoms with Crippen molar-refractivity contribution in [3.63, 3.8) is 0 Å². The number of amides is 1. The Hall–Kier alpha value is -3.39. The van der Waals surface area contributed by atoms with E-state index in [-0.39, 0.29) is 11.5 Å². The third-order valence-electron chi connectivity index (χ3n) is 6.26. The maximum atomic E-state index is 13.9. The Morgan fingerprint density at radius 2 is 1.71 bits per heavy atom. The van der Waals surface area contributed by atoms with Gasteiger partial charge in [-0.05, 0) is 70.4 Å². The highest BCUT2D eigenvalue weighted by atomic mass is 35.5. The molecule has 3 aromatic carbocycles. The normalized spacial score (nSPS) is 12.1. The zero-order chi connectivity index (χ0) is 27.4. The van der Waals surface area contributed by atoms with Gasteiger partial charge in [-0.3, -0.25) is 14.2 Å². The fourth-order valence-corrected chi connectivity index (χ4v) is 4.59. The molecule has 1 aromatic heterocycles. The second kappa shape index (κ2) is 12.0. The van der Waals surface area contributed by atoms with Gasteiger partial charge in [-0.15, -0.1) is 0 Å². The zero-order valence-electron chi connectivity index (χ0n) is 21.8. The number of halogens is 2. The first-order valence-corrected chi connectivity index (χ1v) is 13.1. The van der Waals surface area contributed by atoms with E-state index < -0.39 is 6.04 Å². The summed E-state index contributed by atoms with van der Waals surface area (Å²) in [7, 11) is 3.88. The standard InChI is InChI=1S/C29H30Cl2N4O3/c1-5-38-26-13-9-8-12-25(26)35-27(32-24-11-7-6-10-21(24)29(35)37)19(2)34(17-16-33(3)4)28(36)20-14-15-22(30)23(31)18-20/h6-15,18-19H,5,16-17H2,1-4H3. The minimum Gasteiger partial charge on any atom is -0.492 e. The van der Waals surface area contributed by atoms with Gasteiger partial charge in [0.15, 0.2) is 0 Å². The molecule has 0 aliphatic rings. The Balaban J connectivity index is 1.93. The molecule has 0 spiro atoms.